The highest BCUT2D eigenvalue weighted by Gasteiger charge is 2.20. The minimum atomic E-state index is 0.0930. The molecular formula is C17H26N2O. The number of aryl methyl sites for hydroxylation is 2. The normalized spacial score (nSPS) is 16.4. The van der Waals surface area contributed by atoms with Crippen LogP contribution in [0, 0.1) is 13.8 Å². The smallest absolute Gasteiger partial charge is 0.238 e. The van der Waals surface area contributed by atoms with E-state index in [1.807, 2.05) is 32.0 Å². The van der Waals surface area contributed by atoms with Crippen molar-refractivity contribution in [3.05, 3.63) is 29.3 Å². The number of nitrogens with zero attached hydrogens (tertiary/aromatic N) is 1. The average molecular weight is 274 g/mol. The molecular weight excluding hydrogens is 248 g/mol. The molecule has 0 radical (unpaired) electrons. The number of hydrogen-bond donors (Lipinski definition) is 1. The van der Waals surface area contributed by atoms with Crippen LogP contribution in [0.15, 0.2) is 18.2 Å². The van der Waals surface area contributed by atoms with Gasteiger partial charge in [-0.25, -0.2) is 0 Å². The van der Waals surface area contributed by atoms with E-state index < -0.39 is 0 Å². The third kappa shape index (κ3) is 3.83. The predicted octanol–water partition coefficient (Wildman–Crippen LogP) is 3.51. The van der Waals surface area contributed by atoms with Crippen molar-refractivity contribution in [3.8, 4) is 0 Å². The highest BCUT2D eigenvalue weighted by atomic mass is 16.2. The fourth-order valence-electron chi connectivity index (χ4n) is 3.07. The molecule has 3 heteroatoms. The van der Waals surface area contributed by atoms with E-state index in [2.05, 4.69) is 17.3 Å². The van der Waals surface area contributed by atoms with Crippen LogP contribution in [0.5, 0.6) is 0 Å². The molecule has 0 spiro atoms. The van der Waals surface area contributed by atoms with Crippen molar-refractivity contribution in [2.24, 2.45) is 0 Å². The van der Waals surface area contributed by atoms with Gasteiger partial charge in [-0.3, -0.25) is 9.69 Å². The lowest BCUT2D eigenvalue weighted by molar-refractivity contribution is -0.117. The van der Waals surface area contributed by atoms with Crippen LogP contribution in [-0.2, 0) is 4.79 Å². The topological polar surface area (TPSA) is 32.3 Å². The van der Waals surface area contributed by atoms with Gasteiger partial charge in [0.25, 0.3) is 0 Å². The molecule has 1 aliphatic rings. The van der Waals surface area contributed by atoms with Gasteiger partial charge in [-0.15, -0.1) is 0 Å². The number of carbonyl (C=O) groups is 1. The number of benzene rings is 1. The van der Waals surface area contributed by atoms with Crippen LogP contribution in [0.4, 0.5) is 5.69 Å². The number of hydrogen-bond acceptors (Lipinski definition) is 2. The summed E-state index contributed by atoms with van der Waals surface area (Å²) in [6.45, 7) is 4.55. The van der Waals surface area contributed by atoms with E-state index in [4.69, 9.17) is 0 Å². The fraction of sp³-hybridized carbons (Fsp3) is 0.588. The van der Waals surface area contributed by atoms with Gasteiger partial charge >= 0.3 is 0 Å². The Morgan fingerprint density at radius 3 is 2.40 bits per heavy atom. The zero-order valence-electron chi connectivity index (χ0n) is 12.9. The Kier molecular flexibility index (Phi) is 5.18. The SMILES string of the molecule is Cc1cccc(C)c1NC(=O)CN(C)C1CCCCC1. The van der Waals surface area contributed by atoms with Crippen molar-refractivity contribution in [2.45, 2.75) is 52.0 Å². The van der Waals surface area contributed by atoms with Gasteiger partial charge in [-0.2, -0.15) is 0 Å². The molecule has 20 heavy (non-hydrogen) atoms. The first-order chi connectivity index (χ1) is 9.58. The molecule has 0 heterocycles. The van der Waals surface area contributed by atoms with Crippen LogP contribution in [0.25, 0.3) is 0 Å². The van der Waals surface area contributed by atoms with Crippen molar-refractivity contribution in [2.75, 3.05) is 18.9 Å². The minimum absolute atomic E-state index is 0.0930. The molecule has 0 saturated heterocycles. The van der Waals surface area contributed by atoms with E-state index in [0.717, 1.165) is 16.8 Å². The molecule has 110 valence electrons. The third-order valence-corrected chi connectivity index (χ3v) is 4.34. The van der Waals surface area contributed by atoms with Gasteiger partial charge < -0.3 is 5.32 Å². The van der Waals surface area contributed by atoms with Gasteiger partial charge in [-0.05, 0) is 44.9 Å². The molecule has 1 aromatic carbocycles. The van der Waals surface area contributed by atoms with Gasteiger partial charge in [0.1, 0.15) is 0 Å². The summed E-state index contributed by atoms with van der Waals surface area (Å²) in [5.74, 6) is 0.0930. The molecule has 0 unspecified atom stereocenters. The van der Waals surface area contributed by atoms with Crippen molar-refractivity contribution in [3.63, 3.8) is 0 Å². The summed E-state index contributed by atoms with van der Waals surface area (Å²) in [7, 11) is 2.07. The Bertz CT molecular complexity index is 444. The summed E-state index contributed by atoms with van der Waals surface area (Å²) < 4.78 is 0. The van der Waals surface area contributed by atoms with Gasteiger partial charge in [0.15, 0.2) is 0 Å². The van der Waals surface area contributed by atoms with E-state index in [0.29, 0.717) is 12.6 Å². The van der Waals surface area contributed by atoms with Crippen LogP contribution >= 0.6 is 0 Å². The zero-order chi connectivity index (χ0) is 14.5. The van der Waals surface area contributed by atoms with Crippen LogP contribution in [-0.4, -0.2) is 30.4 Å². The second-order valence-electron chi connectivity index (χ2n) is 6.02. The van der Waals surface area contributed by atoms with Crippen molar-refractivity contribution < 1.29 is 4.79 Å². The van der Waals surface area contributed by atoms with E-state index in [1.165, 1.54) is 32.1 Å². The van der Waals surface area contributed by atoms with E-state index in [-0.39, 0.29) is 5.91 Å². The first kappa shape index (κ1) is 15.0. The lowest BCUT2D eigenvalue weighted by Crippen LogP contribution is -2.39. The van der Waals surface area contributed by atoms with E-state index >= 15 is 0 Å². The van der Waals surface area contributed by atoms with E-state index in [1.54, 1.807) is 0 Å². The highest BCUT2D eigenvalue weighted by Crippen LogP contribution is 2.22. The quantitative estimate of drug-likeness (QED) is 0.911. The van der Waals surface area contributed by atoms with Crippen LogP contribution in [0.1, 0.15) is 43.2 Å². The Hall–Kier alpha value is -1.35. The lowest BCUT2D eigenvalue weighted by atomic mass is 9.94. The second-order valence-corrected chi connectivity index (χ2v) is 6.02. The molecule has 1 N–H and O–H groups in total. The Morgan fingerprint density at radius 1 is 1.20 bits per heavy atom. The maximum atomic E-state index is 12.2. The molecule has 0 atom stereocenters. The average Bonchev–Trinajstić information content (AvgIpc) is 2.44. The summed E-state index contributed by atoms with van der Waals surface area (Å²) in [6, 6.07) is 6.67. The molecule has 0 aromatic heterocycles. The molecule has 3 nitrogen and oxygen atoms in total. The highest BCUT2D eigenvalue weighted by molar-refractivity contribution is 5.93. The maximum Gasteiger partial charge on any atom is 0.238 e. The number of carbonyl (C=O) groups excluding carboxylic acids is 1. The molecule has 1 amide bonds. The summed E-state index contributed by atoms with van der Waals surface area (Å²) in [6.07, 6.45) is 6.40. The monoisotopic (exact) mass is 274 g/mol. The largest absolute Gasteiger partial charge is 0.324 e. The predicted molar refractivity (Wildman–Crippen MR) is 84.0 cm³/mol. The zero-order valence-corrected chi connectivity index (χ0v) is 12.9. The third-order valence-electron chi connectivity index (χ3n) is 4.34. The van der Waals surface area contributed by atoms with Gasteiger partial charge in [0.2, 0.25) is 5.91 Å². The number of anilines is 1. The van der Waals surface area contributed by atoms with Crippen LogP contribution < -0.4 is 5.32 Å². The summed E-state index contributed by atoms with van der Waals surface area (Å²) in [4.78, 5) is 14.4. The molecule has 1 fully saturated rings. The molecule has 1 aromatic rings. The Labute approximate surface area is 122 Å². The molecule has 1 saturated carbocycles. The Morgan fingerprint density at radius 2 is 1.80 bits per heavy atom. The first-order valence-corrected chi connectivity index (χ1v) is 7.64. The number of amides is 1. The van der Waals surface area contributed by atoms with E-state index in [9.17, 15) is 4.79 Å². The number of likely N-dealkylation sites (N-methyl/N-ethyl adjacent to an activating group) is 1. The number of nitrogens with one attached hydrogen (secondary N) is 1. The van der Waals surface area contributed by atoms with Crippen molar-refractivity contribution >= 4 is 11.6 Å². The van der Waals surface area contributed by atoms with Crippen molar-refractivity contribution in [1.82, 2.24) is 4.90 Å². The molecule has 0 bridgehead atoms. The number of para-hydroxylation sites is 1. The van der Waals surface area contributed by atoms with Crippen LogP contribution in [0.2, 0.25) is 0 Å². The standard InChI is InChI=1S/C17H26N2O/c1-13-8-7-9-14(2)17(13)18-16(20)12-19(3)15-10-5-4-6-11-15/h7-9,15H,4-6,10-12H2,1-3H3,(H,18,20). The fourth-order valence-corrected chi connectivity index (χ4v) is 3.07. The van der Waals surface area contributed by atoms with Crippen LogP contribution in [0.3, 0.4) is 0 Å². The maximum absolute atomic E-state index is 12.2. The molecule has 1 aliphatic carbocycles. The van der Waals surface area contributed by atoms with Gasteiger partial charge in [-0.1, -0.05) is 37.5 Å². The van der Waals surface area contributed by atoms with Crippen molar-refractivity contribution in [1.29, 1.82) is 0 Å². The molecule has 2 rings (SSSR count). The summed E-state index contributed by atoms with van der Waals surface area (Å²) in [5, 5.41) is 3.07. The Balaban J connectivity index is 1.91. The van der Waals surface area contributed by atoms with Gasteiger partial charge in [0, 0.05) is 11.7 Å². The summed E-state index contributed by atoms with van der Waals surface area (Å²) >= 11 is 0. The lowest BCUT2D eigenvalue weighted by Gasteiger charge is -2.30. The minimum Gasteiger partial charge on any atom is -0.324 e. The molecule has 0 aliphatic heterocycles. The second kappa shape index (κ2) is 6.89. The number of rotatable bonds is 4. The first-order valence-electron chi connectivity index (χ1n) is 7.64. The van der Waals surface area contributed by atoms with Gasteiger partial charge in [0.05, 0.1) is 6.54 Å². The summed E-state index contributed by atoms with van der Waals surface area (Å²) in [5.41, 5.74) is 3.21.